The number of aryl methyl sites for hydroxylation is 3. The molecule has 208 valence electrons. The minimum Gasteiger partial charge on any atom is -0.350 e. The smallest absolute Gasteiger partial charge is 0.264 e. The minimum absolute atomic E-state index is 0.0848. The van der Waals surface area contributed by atoms with E-state index in [-0.39, 0.29) is 17.3 Å². The van der Waals surface area contributed by atoms with Crippen LogP contribution in [0.3, 0.4) is 0 Å². The first kappa shape index (κ1) is 29.9. The van der Waals surface area contributed by atoms with Gasteiger partial charge in [0.1, 0.15) is 12.6 Å². The van der Waals surface area contributed by atoms with Crippen molar-refractivity contribution >= 4 is 27.5 Å². The van der Waals surface area contributed by atoms with Gasteiger partial charge in [0.05, 0.1) is 10.6 Å². The van der Waals surface area contributed by atoms with Gasteiger partial charge >= 0.3 is 0 Å². The van der Waals surface area contributed by atoms with E-state index in [0.717, 1.165) is 26.6 Å². The van der Waals surface area contributed by atoms with Gasteiger partial charge < -0.3 is 10.2 Å². The van der Waals surface area contributed by atoms with Crippen LogP contribution in [0, 0.1) is 20.8 Å². The van der Waals surface area contributed by atoms with Crippen LogP contribution in [0.1, 0.15) is 49.9 Å². The van der Waals surface area contributed by atoms with Crippen molar-refractivity contribution in [1.82, 2.24) is 10.2 Å². The number of nitrogens with one attached hydrogen (secondary N) is 1. The number of hydrogen-bond acceptors (Lipinski definition) is 4. The van der Waals surface area contributed by atoms with Gasteiger partial charge in [-0.05, 0) is 77.8 Å². The number of amides is 2. The highest BCUT2D eigenvalue weighted by atomic mass is 32.2. The predicted molar refractivity (Wildman–Crippen MR) is 156 cm³/mol. The van der Waals surface area contributed by atoms with Gasteiger partial charge in [-0.15, -0.1) is 0 Å². The zero-order valence-electron chi connectivity index (χ0n) is 23.9. The van der Waals surface area contributed by atoms with E-state index in [1.807, 2.05) is 77.9 Å². The van der Waals surface area contributed by atoms with E-state index in [1.54, 1.807) is 31.2 Å². The fourth-order valence-electron chi connectivity index (χ4n) is 4.38. The number of nitrogens with zero attached hydrogens (tertiary/aromatic N) is 2. The quantitative estimate of drug-likeness (QED) is 0.401. The van der Waals surface area contributed by atoms with Crippen molar-refractivity contribution in [2.45, 2.75) is 71.5 Å². The summed E-state index contributed by atoms with van der Waals surface area (Å²) in [4.78, 5) is 28.8. The van der Waals surface area contributed by atoms with Crippen LogP contribution in [-0.4, -0.2) is 43.3 Å². The molecule has 2 amide bonds. The van der Waals surface area contributed by atoms with Gasteiger partial charge in [-0.2, -0.15) is 0 Å². The molecule has 0 aromatic heterocycles. The molecule has 0 radical (unpaired) electrons. The topological polar surface area (TPSA) is 86.8 Å². The van der Waals surface area contributed by atoms with E-state index in [1.165, 1.54) is 17.0 Å². The second-order valence-electron chi connectivity index (χ2n) is 11.0. The second kappa shape index (κ2) is 12.0. The molecule has 0 aliphatic rings. The zero-order chi connectivity index (χ0) is 29.0. The van der Waals surface area contributed by atoms with Crippen LogP contribution >= 0.6 is 0 Å². The van der Waals surface area contributed by atoms with Crippen molar-refractivity contribution < 1.29 is 18.0 Å². The Morgan fingerprint density at radius 2 is 1.51 bits per heavy atom. The van der Waals surface area contributed by atoms with Crippen molar-refractivity contribution in [2.24, 2.45) is 0 Å². The standard InChI is InChI=1S/C31H39N3O4S/c1-22-12-11-13-26(19-22)20-33(25(4)30(36)32-31(5,6)7)29(35)21-34(28-17-16-23(2)18-24(28)3)39(37,38)27-14-9-8-10-15-27/h8-19,25H,20-21H2,1-7H3,(H,32,36). The van der Waals surface area contributed by atoms with Crippen LogP contribution in [0.25, 0.3) is 0 Å². The molecule has 1 N–H and O–H groups in total. The number of carbonyl (C=O) groups excluding carboxylic acids is 2. The molecule has 0 heterocycles. The summed E-state index contributed by atoms with van der Waals surface area (Å²) in [6.45, 7) is 12.7. The van der Waals surface area contributed by atoms with Crippen molar-refractivity contribution in [2.75, 3.05) is 10.8 Å². The maximum absolute atomic E-state index is 14.0. The normalized spacial score (nSPS) is 12.5. The van der Waals surface area contributed by atoms with Crippen LogP contribution in [0.15, 0.2) is 77.7 Å². The van der Waals surface area contributed by atoms with E-state index in [0.29, 0.717) is 5.69 Å². The van der Waals surface area contributed by atoms with Gasteiger partial charge in [0.15, 0.2) is 0 Å². The molecule has 3 aromatic rings. The van der Waals surface area contributed by atoms with E-state index < -0.39 is 34.1 Å². The molecular formula is C31H39N3O4S. The summed E-state index contributed by atoms with van der Waals surface area (Å²) in [5, 5.41) is 2.94. The summed E-state index contributed by atoms with van der Waals surface area (Å²) in [6.07, 6.45) is 0. The van der Waals surface area contributed by atoms with E-state index in [4.69, 9.17) is 0 Å². The predicted octanol–water partition coefficient (Wildman–Crippen LogP) is 5.14. The highest BCUT2D eigenvalue weighted by Crippen LogP contribution is 2.28. The van der Waals surface area contributed by atoms with Gasteiger partial charge in [-0.25, -0.2) is 8.42 Å². The van der Waals surface area contributed by atoms with Gasteiger partial charge in [-0.1, -0.05) is 65.7 Å². The highest BCUT2D eigenvalue weighted by Gasteiger charge is 2.33. The van der Waals surface area contributed by atoms with Crippen molar-refractivity contribution in [3.05, 3.63) is 95.1 Å². The average molecular weight is 550 g/mol. The Kier molecular flexibility index (Phi) is 9.22. The molecule has 0 spiro atoms. The van der Waals surface area contributed by atoms with Crippen molar-refractivity contribution in [1.29, 1.82) is 0 Å². The highest BCUT2D eigenvalue weighted by molar-refractivity contribution is 7.92. The van der Waals surface area contributed by atoms with Crippen LogP contribution in [-0.2, 0) is 26.2 Å². The van der Waals surface area contributed by atoms with Gasteiger partial charge in [0.2, 0.25) is 11.8 Å². The number of sulfonamides is 1. The molecule has 0 bridgehead atoms. The van der Waals surface area contributed by atoms with E-state index in [9.17, 15) is 18.0 Å². The summed E-state index contributed by atoms with van der Waals surface area (Å²) in [6, 6.07) is 20.4. The lowest BCUT2D eigenvalue weighted by molar-refractivity contribution is -0.140. The lowest BCUT2D eigenvalue weighted by Crippen LogP contribution is -2.54. The van der Waals surface area contributed by atoms with Crippen molar-refractivity contribution in [3.63, 3.8) is 0 Å². The first-order valence-electron chi connectivity index (χ1n) is 13.0. The number of anilines is 1. The molecule has 3 aromatic carbocycles. The lowest BCUT2D eigenvalue weighted by Gasteiger charge is -2.34. The van der Waals surface area contributed by atoms with E-state index >= 15 is 0 Å². The Labute approximate surface area is 232 Å². The maximum Gasteiger partial charge on any atom is 0.264 e. The third kappa shape index (κ3) is 7.69. The fourth-order valence-corrected chi connectivity index (χ4v) is 5.88. The third-order valence-electron chi connectivity index (χ3n) is 6.33. The SMILES string of the molecule is Cc1cccc(CN(C(=O)CN(c2ccc(C)cc2C)S(=O)(=O)c2ccccc2)C(C)C(=O)NC(C)(C)C)c1. The molecule has 0 saturated carbocycles. The molecule has 39 heavy (non-hydrogen) atoms. The second-order valence-corrected chi connectivity index (χ2v) is 12.9. The molecule has 0 fully saturated rings. The molecule has 1 unspecified atom stereocenters. The molecule has 7 nitrogen and oxygen atoms in total. The first-order chi connectivity index (χ1) is 18.2. The monoisotopic (exact) mass is 549 g/mol. The van der Waals surface area contributed by atoms with Crippen LogP contribution in [0.5, 0.6) is 0 Å². The summed E-state index contributed by atoms with van der Waals surface area (Å²) >= 11 is 0. The molecule has 1 atom stereocenters. The van der Waals surface area contributed by atoms with Gasteiger partial charge in [-0.3, -0.25) is 13.9 Å². The Morgan fingerprint density at radius 3 is 2.10 bits per heavy atom. The number of benzene rings is 3. The molecule has 0 saturated heterocycles. The molecule has 0 aliphatic heterocycles. The number of rotatable bonds is 9. The molecule has 0 aliphatic carbocycles. The van der Waals surface area contributed by atoms with Crippen molar-refractivity contribution in [3.8, 4) is 0 Å². The largest absolute Gasteiger partial charge is 0.350 e. The van der Waals surface area contributed by atoms with Crippen LogP contribution < -0.4 is 9.62 Å². The Hall–Kier alpha value is -3.65. The van der Waals surface area contributed by atoms with Gasteiger partial charge in [0, 0.05) is 12.1 Å². The Bertz CT molecular complexity index is 1430. The summed E-state index contributed by atoms with van der Waals surface area (Å²) in [7, 11) is -4.09. The van der Waals surface area contributed by atoms with Gasteiger partial charge in [0.25, 0.3) is 10.0 Å². The maximum atomic E-state index is 14.0. The number of carbonyl (C=O) groups is 2. The van der Waals surface area contributed by atoms with Crippen LogP contribution in [0.2, 0.25) is 0 Å². The zero-order valence-corrected chi connectivity index (χ0v) is 24.7. The summed E-state index contributed by atoms with van der Waals surface area (Å²) < 4.78 is 28.9. The first-order valence-corrected chi connectivity index (χ1v) is 14.4. The minimum atomic E-state index is -4.09. The van der Waals surface area contributed by atoms with Crippen LogP contribution in [0.4, 0.5) is 5.69 Å². The fraction of sp³-hybridized carbons (Fsp3) is 0.355. The Balaban J connectivity index is 2.06. The Morgan fingerprint density at radius 1 is 0.872 bits per heavy atom. The average Bonchev–Trinajstić information content (AvgIpc) is 2.85. The summed E-state index contributed by atoms with van der Waals surface area (Å²) in [5.41, 5.74) is 3.50. The summed E-state index contributed by atoms with van der Waals surface area (Å²) in [5.74, 6) is -0.792. The molecule has 3 rings (SSSR count). The molecular weight excluding hydrogens is 510 g/mol. The lowest BCUT2D eigenvalue weighted by atomic mass is 10.1. The third-order valence-corrected chi connectivity index (χ3v) is 8.11. The number of hydrogen-bond donors (Lipinski definition) is 1. The van der Waals surface area contributed by atoms with E-state index in [2.05, 4.69) is 5.32 Å². The molecule has 8 heteroatoms.